The van der Waals surface area contributed by atoms with Gasteiger partial charge in [0.15, 0.2) is 17.3 Å². The molecule has 4 heterocycles. The molecule has 4 rings (SSSR count). The van der Waals surface area contributed by atoms with E-state index in [0.29, 0.717) is 11.6 Å². The Hall–Kier alpha value is -3.23. The number of nitrogens with one attached hydrogen (secondary N) is 1. The van der Waals surface area contributed by atoms with Crippen LogP contribution in [0.25, 0.3) is 0 Å². The van der Waals surface area contributed by atoms with Gasteiger partial charge in [-0.3, -0.25) is 10.2 Å². The molecule has 0 aromatic carbocycles. The van der Waals surface area contributed by atoms with E-state index < -0.39 is 12.0 Å². The molecule has 2 aliphatic heterocycles. The number of anilines is 3. The molecular formula is C14H12N6O3. The molecule has 0 unspecified atom stereocenters. The molecule has 9 heteroatoms. The van der Waals surface area contributed by atoms with Crippen molar-refractivity contribution in [2.75, 3.05) is 21.7 Å². The van der Waals surface area contributed by atoms with Gasteiger partial charge in [0.1, 0.15) is 6.17 Å². The summed E-state index contributed by atoms with van der Waals surface area (Å²) >= 11 is 0. The zero-order valence-corrected chi connectivity index (χ0v) is 11.9. The lowest BCUT2D eigenvalue weighted by Gasteiger charge is -2.39. The predicted octanol–water partition coefficient (Wildman–Crippen LogP) is 1.16. The Morgan fingerprint density at radius 2 is 2.17 bits per heavy atom. The number of nitrogens with zero attached hydrogens (tertiary/aromatic N) is 5. The van der Waals surface area contributed by atoms with E-state index in [9.17, 15) is 9.59 Å². The summed E-state index contributed by atoms with van der Waals surface area (Å²) in [5.74, 6) is -0.448. The van der Waals surface area contributed by atoms with E-state index in [1.54, 1.807) is 18.2 Å². The summed E-state index contributed by atoms with van der Waals surface area (Å²) in [6.07, 6.45) is 2.17. The van der Waals surface area contributed by atoms with Crippen molar-refractivity contribution >= 4 is 29.3 Å². The molecule has 2 amide bonds. The van der Waals surface area contributed by atoms with Gasteiger partial charge in [0.05, 0.1) is 5.69 Å². The van der Waals surface area contributed by atoms with Crippen LogP contribution in [-0.4, -0.2) is 45.0 Å². The van der Waals surface area contributed by atoms with Crippen molar-refractivity contribution in [1.29, 1.82) is 0 Å². The maximum absolute atomic E-state index is 12.6. The van der Waals surface area contributed by atoms with Crippen molar-refractivity contribution in [1.82, 2.24) is 15.2 Å². The van der Waals surface area contributed by atoms with Gasteiger partial charge in [-0.25, -0.2) is 14.6 Å². The first-order valence-electron chi connectivity index (χ1n) is 7.04. The van der Waals surface area contributed by atoms with Crippen molar-refractivity contribution in [2.24, 2.45) is 0 Å². The Labute approximate surface area is 130 Å². The standard InChI is InChI=1S/C14H12N6O3/c21-13(22)8-3-4-9-12(16-8)20(11-5-7-19(9)11)14(23)17-10-2-1-6-15-18-10/h1-4,6,11H,5,7H2,(H,21,22)(H,17,18,23)/t11-/m0/s1. The summed E-state index contributed by atoms with van der Waals surface area (Å²) in [5, 5.41) is 19.3. The van der Waals surface area contributed by atoms with Crippen LogP contribution in [0.2, 0.25) is 0 Å². The monoisotopic (exact) mass is 312 g/mol. The molecule has 2 N–H and O–H groups in total. The van der Waals surface area contributed by atoms with E-state index in [0.717, 1.165) is 18.7 Å². The van der Waals surface area contributed by atoms with Gasteiger partial charge >= 0.3 is 12.0 Å². The molecule has 2 aliphatic rings. The summed E-state index contributed by atoms with van der Waals surface area (Å²) in [4.78, 5) is 31.3. The minimum atomic E-state index is -1.13. The van der Waals surface area contributed by atoms with E-state index in [1.807, 2.05) is 4.90 Å². The normalized spacial score (nSPS) is 18.0. The number of urea groups is 1. The van der Waals surface area contributed by atoms with Crippen molar-refractivity contribution in [2.45, 2.75) is 12.6 Å². The largest absolute Gasteiger partial charge is 0.477 e. The van der Waals surface area contributed by atoms with Crippen LogP contribution in [0, 0.1) is 0 Å². The lowest BCUT2D eigenvalue weighted by Crippen LogP contribution is -2.56. The fraction of sp³-hybridized carbons (Fsp3) is 0.214. The fourth-order valence-corrected chi connectivity index (χ4v) is 2.80. The Bertz CT molecular complexity index is 796. The van der Waals surface area contributed by atoms with Gasteiger partial charge in [-0.1, -0.05) is 0 Å². The number of aromatic nitrogens is 3. The van der Waals surface area contributed by atoms with Gasteiger partial charge in [-0.05, 0) is 24.3 Å². The average molecular weight is 312 g/mol. The zero-order chi connectivity index (χ0) is 16.0. The highest BCUT2D eigenvalue weighted by molar-refractivity contribution is 6.06. The molecule has 1 fully saturated rings. The molecule has 0 aliphatic carbocycles. The van der Waals surface area contributed by atoms with Crippen molar-refractivity contribution < 1.29 is 14.7 Å². The Morgan fingerprint density at radius 3 is 2.83 bits per heavy atom. The first-order valence-corrected chi connectivity index (χ1v) is 7.04. The predicted molar refractivity (Wildman–Crippen MR) is 80.5 cm³/mol. The quantitative estimate of drug-likeness (QED) is 0.855. The molecule has 0 spiro atoms. The van der Waals surface area contributed by atoms with E-state index in [2.05, 4.69) is 20.5 Å². The molecule has 1 atom stereocenters. The van der Waals surface area contributed by atoms with Crippen LogP contribution in [0.5, 0.6) is 0 Å². The molecule has 0 saturated carbocycles. The van der Waals surface area contributed by atoms with Gasteiger partial charge in [-0.2, -0.15) is 5.10 Å². The van der Waals surface area contributed by atoms with E-state index in [1.165, 1.54) is 17.2 Å². The molecular weight excluding hydrogens is 300 g/mol. The van der Waals surface area contributed by atoms with Crippen LogP contribution in [0.3, 0.4) is 0 Å². The summed E-state index contributed by atoms with van der Waals surface area (Å²) in [7, 11) is 0. The molecule has 116 valence electrons. The van der Waals surface area contributed by atoms with Crippen LogP contribution >= 0.6 is 0 Å². The highest BCUT2D eigenvalue weighted by atomic mass is 16.4. The van der Waals surface area contributed by atoms with Gasteiger partial charge in [0.25, 0.3) is 0 Å². The summed E-state index contributed by atoms with van der Waals surface area (Å²) in [6.45, 7) is 0.806. The van der Waals surface area contributed by atoms with Gasteiger partial charge < -0.3 is 10.0 Å². The number of rotatable bonds is 2. The van der Waals surface area contributed by atoms with Crippen LogP contribution in [0.15, 0.2) is 30.5 Å². The van der Waals surface area contributed by atoms with Gasteiger partial charge in [0, 0.05) is 19.2 Å². The van der Waals surface area contributed by atoms with E-state index >= 15 is 0 Å². The minimum absolute atomic E-state index is 0.0939. The molecule has 23 heavy (non-hydrogen) atoms. The van der Waals surface area contributed by atoms with Crippen molar-refractivity contribution in [3.8, 4) is 0 Å². The summed E-state index contributed by atoms with van der Waals surface area (Å²) in [5.41, 5.74) is 0.670. The minimum Gasteiger partial charge on any atom is -0.477 e. The number of hydrogen-bond donors (Lipinski definition) is 2. The Kier molecular flexibility index (Phi) is 2.86. The molecule has 0 radical (unpaired) electrons. The molecule has 2 aromatic heterocycles. The molecule has 9 nitrogen and oxygen atoms in total. The second-order valence-electron chi connectivity index (χ2n) is 5.22. The third-order valence-electron chi connectivity index (χ3n) is 3.92. The highest BCUT2D eigenvalue weighted by Gasteiger charge is 2.46. The maximum atomic E-state index is 12.6. The number of amides is 2. The average Bonchev–Trinajstić information content (AvgIpc) is 2.74. The van der Waals surface area contributed by atoms with Gasteiger partial charge in [-0.15, -0.1) is 5.10 Å². The molecule has 0 bridgehead atoms. The third kappa shape index (κ3) is 2.05. The number of carbonyl (C=O) groups excluding carboxylic acids is 1. The number of carbonyl (C=O) groups is 2. The second-order valence-corrected chi connectivity index (χ2v) is 5.22. The third-order valence-corrected chi connectivity index (χ3v) is 3.92. The second kappa shape index (κ2) is 4.90. The van der Waals surface area contributed by atoms with E-state index in [4.69, 9.17) is 5.11 Å². The topological polar surface area (TPSA) is 112 Å². The maximum Gasteiger partial charge on any atom is 0.354 e. The number of carboxylic acids is 1. The zero-order valence-electron chi connectivity index (χ0n) is 11.9. The number of hydrogen-bond acceptors (Lipinski definition) is 6. The first kappa shape index (κ1) is 13.4. The number of aromatic carboxylic acids is 1. The molecule has 2 aromatic rings. The van der Waals surface area contributed by atoms with E-state index in [-0.39, 0.29) is 11.9 Å². The lowest BCUT2D eigenvalue weighted by atomic mass is 10.1. The van der Waals surface area contributed by atoms with Crippen LogP contribution in [0.1, 0.15) is 16.9 Å². The Morgan fingerprint density at radius 1 is 1.30 bits per heavy atom. The van der Waals surface area contributed by atoms with Crippen molar-refractivity contribution in [3.05, 3.63) is 36.2 Å². The Balaban J connectivity index is 1.68. The summed E-state index contributed by atoms with van der Waals surface area (Å²) < 4.78 is 0. The highest BCUT2D eigenvalue weighted by Crippen LogP contribution is 2.44. The molecule has 1 saturated heterocycles. The smallest absolute Gasteiger partial charge is 0.354 e. The first-order chi connectivity index (χ1) is 11.1. The van der Waals surface area contributed by atoms with Crippen molar-refractivity contribution in [3.63, 3.8) is 0 Å². The summed E-state index contributed by atoms with van der Waals surface area (Å²) in [6, 6.07) is 6.01. The SMILES string of the molecule is O=C(O)c1ccc2c(n1)N(C(=O)Nc1cccnn1)[C@H]1CCN21. The number of carboxylic acid groups (broad SMARTS) is 1. The lowest BCUT2D eigenvalue weighted by molar-refractivity contribution is 0.0690. The van der Waals surface area contributed by atoms with Gasteiger partial charge in [0.2, 0.25) is 0 Å². The van der Waals surface area contributed by atoms with Crippen LogP contribution < -0.4 is 15.1 Å². The van der Waals surface area contributed by atoms with Crippen LogP contribution in [0.4, 0.5) is 22.1 Å². The number of pyridine rings is 1. The number of fused-ring (bicyclic) bond motifs is 3. The fourth-order valence-electron chi connectivity index (χ4n) is 2.80. The van der Waals surface area contributed by atoms with Crippen LogP contribution in [-0.2, 0) is 0 Å².